The maximum absolute atomic E-state index is 12.1. The van der Waals surface area contributed by atoms with Crippen LogP contribution in [0.25, 0.3) is 0 Å². The Balaban J connectivity index is 1.41. The van der Waals surface area contributed by atoms with E-state index in [-0.39, 0.29) is 5.91 Å². The SMILES string of the molecule is O=C(Cc1ccc(Cl)cc1)Nc1ccc(NCCCc2ccccc2)cn1. The molecule has 0 aliphatic rings. The molecule has 1 heterocycles. The number of nitrogens with zero attached hydrogens (tertiary/aromatic N) is 1. The lowest BCUT2D eigenvalue weighted by molar-refractivity contribution is -0.115. The van der Waals surface area contributed by atoms with Gasteiger partial charge in [-0.15, -0.1) is 0 Å². The van der Waals surface area contributed by atoms with Crippen LogP contribution in [-0.2, 0) is 17.6 Å². The van der Waals surface area contributed by atoms with E-state index in [9.17, 15) is 4.79 Å². The van der Waals surface area contributed by atoms with Gasteiger partial charge in [0, 0.05) is 11.6 Å². The average molecular weight is 380 g/mol. The van der Waals surface area contributed by atoms with Crippen molar-refractivity contribution in [1.29, 1.82) is 0 Å². The van der Waals surface area contributed by atoms with Crippen molar-refractivity contribution in [2.45, 2.75) is 19.3 Å². The Labute approximate surface area is 164 Å². The lowest BCUT2D eigenvalue weighted by Crippen LogP contribution is -2.15. The number of aryl methyl sites for hydroxylation is 1. The van der Waals surface area contributed by atoms with Gasteiger partial charge >= 0.3 is 0 Å². The quantitative estimate of drug-likeness (QED) is 0.544. The highest BCUT2D eigenvalue weighted by molar-refractivity contribution is 6.30. The number of benzene rings is 2. The number of aromatic nitrogens is 1. The monoisotopic (exact) mass is 379 g/mol. The number of pyridine rings is 1. The van der Waals surface area contributed by atoms with Crippen molar-refractivity contribution < 1.29 is 4.79 Å². The van der Waals surface area contributed by atoms with E-state index in [1.165, 1.54) is 5.56 Å². The van der Waals surface area contributed by atoms with Crippen LogP contribution in [0.15, 0.2) is 72.9 Å². The zero-order valence-electron chi connectivity index (χ0n) is 15.0. The van der Waals surface area contributed by atoms with Crippen molar-refractivity contribution in [3.8, 4) is 0 Å². The Bertz CT molecular complexity index is 849. The minimum Gasteiger partial charge on any atom is -0.384 e. The molecule has 3 aromatic rings. The largest absolute Gasteiger partial charge is 0.384 e. The second-order valence-corrected chi connectivity index (χ2v) is 6.74. The van der Waals surface area contributed by atoms with Crippen molar-refractivity contribution in [3.63, 3.8) is 0 Å². The summed E-state index contributed by atoms with van der Waals surface area (Å²) in [5.41, 5.74) is 3.20. The van der Waals surface area contributed by atoms with Gasteiger partial charge in [-0.05, 0) is 48.2 Å². The third kappa shape index (κ3) is 6.42. The topological polar surface area (TPSA) is 54.0 Å². The lowest BCUT2D eigenvalue weighted by Gasteiger charge is -2.08. The Morgan fingerprint density at radius 3 is 2.41 bits per heavy atom. The van der Waals surface area contributed by atoms with Gasteiger partial charge in [0.15, 0.2) is 0 Å². The summed E-state index contributed by atoms with van der Waals surface area (Å²) in [5.74, 6) is 0.442. The number of carbonyl (C=O) groups excluding carboxylic acids is 1. The maximum atomic E-state index is 12.1. The van der Waals surface area contributed by atoms with Crippen LogP contribution >= 0.6 is 11.6 Å². The standard InChI is InChI=1S/C22H22ClN3O/c23-19-10-8-18(9-11-19)15-22(27)26-21-13-12-20(16-25-21)24-14-4-7-17-5-2-1-3-6-17/h1-3,5-6,8-13,16,24H,4,7,14-15H2,(H,25,26,27). The van der Waals surface area contributed by atoms with Crippen LogP contribution in [0.1, 0.15) is 17.5 Å². The van der Waals surface area contributed by atoms with E-state index in [4.69, 9.17) is 11.6 Å². The number of carbonyl (C=O) groups is 1. The Morgan fingerprint density at radius 1 is 0.926 bits per heavy atom. The molecule has 138 valence electrons. The van der Waals surface area contributed by atoms with Crippen LogP contribution in [-0.4, -0.2) is 17.4 Å². The normalized spacial score (nSPS) is 10.4. The van der Waals surface area contributed by atoms with E-state index in [0.717, 1.165) is 30.6 Å². The molecule has 0 fully saturated rings. The highest BCUT2D eigenvalue weighted by Crippen LogP contribution is 2.13. The highest BCUT2D eigenvalue weighted by Gasteiger charge is 2.05. The molecule has 4 nitrogen and oxygen atoms in total. The van der Waals surface area contributed by atoms with Crippen LogP contribution in [0.4, 0.5) is 11.5 Å². The first kappa shape index (κ1) is 18.9. The highest BCUT2D eigenvalue weighted by atomic mass is 35.5. The van der Waals surface area contributed by atoms with E-state index >= 15 is 0 Å². The van der Waals surface area contributed by atoms with Crippen LogP contribution < -0.4 is 10.6 Å². The van der Waals surface area contributed by atoms with Crippen molar-refractivity contribution in [2.75, 3.05) is 17.2 Å². The molecular formula is C22H22ClN3O. The van der Waals surface area contributed by atoms with Gasteiger partial charge < -0.3 is 10.6 Å². The molecule has 0 bridgehead atoms. The molecule has 2 aromatic carbocycles. The first-order valence-electron chi connectivity index (χ1n) is 8.97. The minimum atomic E-state index is -0.103. The molecule has 1 aromatic heterocycles. The molecule has 0 aliphatic heterocycles. The molecule has 0 saturated heterocycles. The van der Waals surface area contributed by atoms with Crippen molar-refractivity contribution in [2.24, 2.45) is 0 Å². The van der Waals surface area contributed by atoms with Crippen LogP contribution in [0.3, 0.4) is 0 Å². The number of rotatable bonds is 8. The second-order valence-electron chi connectivity index (χ2n) is 6.30. The number of halogens is 1. The summed E-state index contributed by atoms with van der Waals surface area (Å²) < 4.78 is 0. The number of amides is 1. The fourth-order valence-electron chi connectivity index (χ4n) is 2.72. The van der Waals surface area contributed by atoms with Crippen LogP contribution in [0.5, 0.6) is 0 Å². The molecule has 0 atom stereocenters. The average Bonchev–Trinajstić information content (AvgIpc) is 2.69. The number of nitrogens with one attached hydrogen (secondary N) is 2. The molecular weight excluding hydrogens is 358 g/mol. The number of hydrogen-bond acceptors (Lipinski definition) is 3. The fraction of sp³-hybridized carbons (Fsp3) is 0.182. The molecule has 0 spiro atoms. The third-order valence-electron chi connectivity index (χ3n) is 4.12. The minimum absolute atomic E-state index is 0.103. The van der Waals surface area contributed by atoms with Gasteiger partial charge in [0.1, 0.15) is 5.82 Å². The molecule has 27 heavy (non-hydrogen) atoms. The van der Waals surface area contributed by atoms with Gasteiger partial charge in [-0.3, -0.25) is 4.79 Å². The predicted molar refractivity (Wildman–Crippen MR) is 111 cm³/mol. The molecule has 2 N–H and O–H groups in total. The smallest absolute Gasteiger partial charge is 0.229 e. The first-order valence-corrected chi connectivity index (χ1v) is 9.35. The van der Waals surface area contributed by atoms with Crippen molar-refractivity contribution in [3.05, 3.63) is 89.1 Å². The fourth-order valence-corrected chi connectivity index (χ4v) is 2.84. The third-order valence-corrected chi connectivity index (χ3v) is 4.38. The molecule has 1 amide bonds. The summed E-state index contributed by atoms with van der Waals surface area (Å²) in [6.45, 7) is 0.874. The van der Waals surface area contributed by atoms with Crippen LogP contribution in [0.2, 0.25) is 5.02 Å². The van der Waals surface area contributed by atoms with E-state index in [0.29, 0.717) is 17.3 Å². The maximum Gasteiger partial charge on any atom is 0.229 e. The van der Waals surface area contributed by atoms with Crippen molar-refractivity contribution in [1.82, 2.24) is 4.98 Å². The van der Waals surface area contributed by atoms with Gasteiger partial charge in [0.25, 0.3) is 0 Å². The predicted octanol–water partition coefficient (Wildman–Crippen LogP) is 4.96. The van der Waals surface area contributed by atoms with E-state index in [1.54, 1.807) is 24.4 Å². The number of hydrogen-bond donors (Lipinski definition) is 2. The lowest BCUT2D eigenvalue weighted by atomic mass is 10.1. The molecule has 5 heteroatoms. The Hall–Kier alpha value is -2.85. The Morgan fingerprint density at radius 2 is 1.70 bits per heavy atom. The zero-order valence-corrected chi connectivity index (χ0v) is 15.7. The van der Waals surface area contributed by atoms with Gasteiger partial charge in [0.2, 0.25) is 5.91 Å². The summed E-state index contributed by atoms with van der Waals surface area (Å²) in [5, 5.41) is 6.82. The molecule has 0 radical (unpaired) electrons. The van der Waals surface area contributed by atoms with E-state index in [1.807, 2.05) is 24.3 Å². The Kier molecular flexibility index (Phi) is 6.83. The zero-order chi connectivity index (χ0) is 18.9. The molecule has 0 unspecified atom stereocenters. The summed E-state index contributed by atoms with van der Waals surface area (Å²) in [4.78, 5) is 16.4. The van der Waals surface area contributed by atoms with E-state index in [2.05, 4.69) is 39.9 Å². The summed E-state index contributed by atoms with van der Waals surface area (Å²) in [6.07, 6.45) is 4.11. The van der Waals surface area contributed by atoms with Crippen molar-refractivity contribution >= 4 is 29.0 Å². The van der Waals surface area contributed by atoms with Gasteiger partial charge in [-0.25, -0.2) is 4.98 Å². The van der Waals surface area contributed by atoms with Gasteiger partial charge in [-0.2, -0.15) is 0 Å². The molecule has 3 rings (SSSR count). The second kappa shape index (κ2) is 9.74. The van der Waals surface area contributed by atoms with Crippen LogP contribution in [0, 0.1) is 0 Å². The molecule has 0 aliphatic carbocycles. The van der Waals surface area contributed by atoms with Gasteiger partial charge in [-0.1, -0.05) is 54.1 Å². The number of anilines is 2. The van der Waals surface area contributed by atoms with Gasteiger partial charge in [0.05, 0.1) is 18.3 Å². The molecule has 0 saturated carbocycles. The van der Waals surface area contributed by atoms with E-state index < -0.39 is 0 Å². The summed E-state index contributed by atoms with van der Waals surface area (Å²) in [7, 11) is 0. The summed E-state index contributed by atoms with van der Waals surface area (Å²) in [6, 6.07) is 21.4. The summed E-state index contributed by atoms with van der Waals surface area (Å²) >= 11 is 5.85. The first-order chi connectivity index (χ1) is 13.2.